The molecule has 0 bridgehead atoms. The molecule has 1 aliphatic rings. The van der Waals surface area contributed by atoms with E-state index in [4.69, 9.17) is 33.2 Å². The van der Waals surface area contributed by atoms with Crippen LogP contribution in [-0.4, -0.2) is 74.8 Å². The molecule has 3 rings (SSSR count). The van der Waals surface area contributed by atoms with Gasteiger partial charge in [0.25, 0.3) is 0 Å². The van der Waals surface area contributed by atoms with Gasteiger partial charge in [-0.15, -0.1) is 0 Å². The lowest BCUT2D eigenvalue weighted by atomic mass is 9.82. The molecule has 0 amide bonds. The van der Waals surface area contributed by atoms with E-state index in [1.165, 1.54) is 6.08 Å². The third kappa shape index (κ3) is 12.9. The zero-order valence-electron chi connectivity index (χ0n) is 30.1. The highest BCUT2D eigenvalue weighted by Gasteiger charge is 2.43. The molecule has 8 atom stereocenters. The Morgan fingerprint density at radius 2 is 1.60 bits per heavy atom. The molecule has 0 unspecified atom stereocenters. The van der Waals surface area contributed by atoms with Crippen molar-refractivity contribution in [3.63, 3.8) is 0 Å². The summed E-state index contributed by atoms with van der Waals surface area (Å²) in [6.45, 7) is 13.5. The van der Waals surface area contributed by atoms with Gasteiger partial charge in [0.1, 0.15) is 5.75 Å². The molecule has 1 N–H and O–H groups in total. The van der Waals surface area contributed by atoms with Crippen molar-refractivity contribution in [2.75, 3.05) is 27.4 Å². The van der Waals surface area contributed by atoms with Crippen LogP contribution in [0.25, 0.3) is 0 Å². The number of ether oxygens (including phenoxy) is 7. The number of esters is 1. The zero-order chi connectivity index (χ0) is 35.1. The summed E-state index contributed by atoms with van der Waals surface area (Å²) in [6, 6.07) is 18.0. The molecule has 1 fully saturated rings. The number of rotatable bonds is 20. The van der Waals surface area contributed by atoms with E-state index in [2.05, 4.69) is 19.1 Å². The highest BCUT2D eigenvalue weighted by molar-refractivity contribution is 5.81. The zero-order valence-corrected chi connectivity index (χ0v) is 30.1. The molecule has 48 heavy (non-hydrogen) atoms. The van der Waals surface area contributed by atoms with Crippen molar-refractivity contribution in [1.29, 1.82) is 0 Å². The van der Waals surface area contributed by atoms with Gasteiger partial charge in [-0.2, -0.15) is 0 Å². The van der Waals surface area contributed by atoms with Crippen LogP contribution in [0.5, 0.6) is 5.75 Å². The van der Waals surface area contributed by atoms with Crippen molar-refractivity contribution in [3.05, 3.63) is 77.9 Å². The highest BCUT2D eigenvalue weighted by Crippen LogP contribution is 2.37. The summed E-state index contributed by atoms with van der Waals surface area (Å²) < 4.78 is 41.8. The minimum absolute atomic E-state index is 0.00322. The van der Waals surface area contributed by atoms with E-state index < -0.39 is 17.9 Å². The van der Waals surface area contributed by atoms with E-state index in [1.54, 1.807) is 27.2 Å². The third-order valence-electron chi connectivity index (χ3n) is 9.13. The number of aliphatic hydroxyl groups excluding tert-OH is 1. The maximum absolute atomic E-state index is 11.8. The Morgan fingerprint density at radius 3 is 2.23 bits per heavy atom. The molecule has 0 saturated carbocycles. The Morgan fingerprint density at radius 1 is 0.958 bits per heavy atom. The molecular weight excluding hydrogens is 612 g/mol. The first kappa shape index (κ1) is 39.6. The Hall–Kier alpha value is -2.79. The molecule has 1 heterocycles. The maximum atomic E-state index is 11.8. The van der Waals surface area contributed by atoms with E-state index in [1.807, 2.05) is 70.2 Å². The van der Waals surface area contributed by atoms with Gasteiger partial charge in [-0.1, -0.05) is 69.3 Å². The molecule has 1 saturated heterocycles. The van der Waals surface area contributed by atoms with Crippen molar-refractivity contribution in [2.24, 2.45) is 17.8 Å². The fourth-order valence-electron chi connectivity index (χ4n) is 6.17. The molecule has 2 aromatic carbocycles. The lowest BCUT2D eigenvalue weighted by Crippen LogP contribution is -2.52. The number of hydrogen-bond acceptors (Lipinski definition) is 9. The molecule has 0 radical (unpaired) electrons. The first-order valence-corrected chi connectivity index (χ1v) is 17.2. The lowest BCUT2D eigenvalue weighted by molar-refractivity contribution is -0.322. The Balaban J connectivity index is 1.67. The molecule has 0 aromatic heterocycles. The lowest BCUT2D eigenvalue weighted by Gasteiger charge is -2.47. The number of methoxy groups -OCH3 is 2. The second-order valence-corrected chi connectivity index (χ2v) is 13.2. The Labute approximate surface area is 287 Å². The summed E-state index contributed by atoms with van der Waals surface area (Å²) in [5.41, 5.74) is 2.19. The molecule has 0 aliphatic carbocycles. The van der Waals surface area contributed by atoms with E-state index in [0.717, 1.165) is 16.9 Å². The fourth-order valence-corrected chi connectivity index (χ4v) is 6.17. The molecule has 268 valence electrons. The molecular formula is C39H58O9. The first-order valence-electron chi connectivity index (χ1n) is 17.2. The number of carbonyl (C=O) groups excluding carboxylic acids is 1. The predicted molar refractivity (Wildman–Crippen MR) is 185 cm³/mol. The second-order valence-electron chi connectivity index (χ2n) is 13.2. The van der Waals surface area contributed by atoms with E-state index in [9.17, 15) is 9.90 Å². The molecule has 9 heteroatoms. The van der Waals surface area contributed by atoms with Crippen LogP contribution in [0.4, 0.5) is 0 Å². The van der Waals surface area contributed by atoms with Crippen molar-refractivity contribution in [2.45, 2.75) is 110 Å². The first-order chi connectivity index (χ1) is 23.0. The van der Waals surface area contributed by atoms with E-state index >= 15 is 0 Å². The summed E-state index contributed by atoms with van der Waals surface area (Å²) in [6.07, 6.45) is 3.58. The van der Waals surface area contributed by atoms with Crippen LogP contribution < -0.4 is 4.74 Å². The summed E-state index contributed by atoms with van der Waals surface area (Å²) in [7, 11) is 3.39. The van der Waals surface area contributed by atoms with Crippen LogP contribution >= 0.6 is 0 Å². The summed E-state index contributed by atoms with van der Waals surface area (Å²) in [5.74, 6) is -0.944. The van der Waals surface area contributed by atoms with Crippen LogP contribution in [0, 0.1) is 17.8 Å². The van der Waals surface area contributed by atoms with Gasteiger partial charge in [-0.25, -0.2) is 4.79 Å². The van der Waals surface area contributed by atoms with E-state index in [0.29, 0.717) is 45.7 Å². The number of aliphatic hydroxyl groups is 1. The average molecular weight is 671 g/mol. The van der Waals surface area contributed by atoms with Crippen LogP contribution in [0.1, 0.15) is 71.9 Å². The summed E-state index contributed by atoms with van der Waals surface area (Å²) in [5, 5.41) is 11.2. The summed E-state index contributed by atoms with van der Waals surface area (Å²) >= 11 is 0. The SMILES string of the molecule is CCOC(=O)/C=C/[C@H](C)[C@@H](O)[C@@H](C)[C@H]1C[C@@H]([C@H](C)[C@H](C[C@H](CCOCc2ccccc2)OCc2ccc(OC)cc2)OC)OC(C)(C)O1. The minimum Gasteiger partial charge on any atom is -0.497 e. The Bertz CT molecular complexity index is 1220. The van der Waals surface area contributed by atoms with Crippen molar-refractivity contribution >= 4 is 5.97 Å². The molecule has 2 aromatic rings. The third-order valence-corrected chi connectivity index (χ3v) is 9.13. The van der Waals surface area contributed by atoms with E-state index in [-0.39, 0.29) is 42.2 Å². The van der Waals surface area contributed by atoms with Gasteiger partial charge in [-0.05, 0) is 50.5 Å². The van der Waals surface area contributed by atoms with Crippen molar-refractivity contribution in [3.8, 4) is 5.75 Å². The smallest absolute Gasteiger partial charge is 0.330 e. The van der Waals surface area contributed by atoms with Crippen LogP contribution in [0.15, 0.2) is 66.7 Å². The second kappa shape index (κ2) is 20.0. The fraction of sp³-hybridized carbons (Fsp3) is 0.615. The van der Waals surface area contributed by atoms with Gasteiger partial charge < -0.3 is 38.3 Å². The number of hydrogen-bond donors (Lipinski definition) is 1. The standard InChI is InChI=1S/C39H58O9/c1-9-45-37(40)20-15-27(2)38(41)29(4)36-24-35(47-39(5,6)48-36)28(3)34(43-8)23-33(21-22-44-25-30-13-11-10-12-14-30)46-26-31-16-18-32(42-7)19-17-31/h10-20,27-29,33-36,38,41H,9,21-26H2,1-8H3/b20-15+/t27-,28+,29-,33-,34-,35-,36+,38+/m0/s1. The Kier molecular flexibility index (Phi) is 16.5. The van der Waals surface area contributed by atoms with Gasteiger partial charge in [-0.3, -0.25) is 0 Å². The normalized spacial score (nSPS) is 21.6. The molecule has 9 nitrogen and oxygen atoms in total. The van der Waals surface area contributed by atoms with Crippen LogP contribution in [0.3, 0.4) is 0 Å². The minimum atomic E-state index is -0.854. The van der Waals surface area contributed by atoms with Crippen molar-refractivity contribution < 1.29 is 43.1 Å². The molecule has 1 aliphatic heterocycles. The predicted octanol–water partition coefficient (Wildman–Crippen LogP) is 6.89. The van der Waals surface area contributed by atoms with Gasteiger partial charge in [0, 0.05) is 50.4 Å². The monoisotopic (exact) mass is 670 g/mol. The van der Waals surface area contributed by atoms with Gasteiger partial charge in [0.2, 0.25) is 0 Å². The number of benzene rings is 2. The van der Waals surface area contributed by atoms with Gasteiger partial charge in [0.15, 0.2) is 5.79 Å². The molecule has 0 spiro atoms. The van der Waals surface area contributed by atoms with Crippen LogP contribution in [-0.2, 0) is 46.4 Å². The van der Waals surface area contributed by atoms with Crippen LogP contribution in [0.2, 0.25) is 0 Å². The van der Waals surface area contributed by atoms with Gasteiger partial charge >= 0.3 is 5.97 Å². The quantitative estimate of drug-likeness (QED) is 0.0917. The topological polar surface area (TPSA) is 102 Å². The largest absolute Gasteiger partial charge is 0.497 e. The van der Waals surface area contributed by atoms with Gasteiger partial charge in [0.05, 0.1) is 57.5 Å². The summed E-state index contributed by atoms with van der Waals surface area (Å²) in [4.78, 5) is 11.8. The maximum Gasteiger partial charge on any atom is 0.330 e. The van der Waals surface area contributed by atoms with Crippen molar-refractivity contribution in [1.82, 2.24) is 0 Å². The highest BCUT2D eigenvalue weighted by atomic mass is 16.7. The number of carbonyl (C=O) groups is 1. The average Bonchev–Trinajstić information content (AvgIpc) is 3.09.